The van der Waals surface area contributed by atoms with E-state index in [0.717, 1.165) is 32.1 Å². The van der Waals surface area contributed by atoms with E-state index in [1.54, 1.807) is 18.2 Å². The maximum absolute atomic E-state index is 10.5. The van der Waals surface area contributed by atoms with E-state index in [9.17, 15) is 9.90 Å². The molecule has 0 aliphatic heterocycles. The molecule has 0 bridgehead atoms. The van der Waals surface area contributed by atoms with Gasteiger partial charge in [0.05, 0.1) is 12.7 Å². The molecule has 2 rings (SSSR count). The molecule has 1 aromatic carbocycles. The molecule has 1 aromatic rings. The highest BCUT2D eigenvalue weighted by atomic mass is 35.5. The summed E-state index contributed by atoms with van der Waals surface area (Å²) in [6.45, 7) is 0.392. The minimum atomic E-state index is -0.736. The molecule has 0 saturated carbocycles. The van der Waals surface area contributed by atoms with E-state index in [1.807, 2.05) is 0 Å². The highest BCUT2D eigenvalue weighted by Crippen LogP contribution is 2.32. The van der Waals surface area contributed by atoms with Gasteiger partial charge in [-0.3, -0.25) is 4.79 Å². The predicted molar refractivity (Wildman–Crippen MR) is 99.5 cm³/mol. The molecule has 0 fully saturated rings. The quantitative estimate of drug-likeness (QED) is 0.433. The number of carboxylic acids is 1. The fourth-order valence-electron chi connectivity index (χ4n) is 3.10. The van der Waals surface area contributed by atoms with E-state index >= 15 is 0 Å². The van der Waals surface area contributed by atoms with Crippen LogP contribution in [0.15, 0.2) is 29.8 Å². The van der Waals surface area contributed by atoms with Crippen molar-refractivity contribution in [3.63, 3.8) is 0 Å². The maximum Gasteiger partial charge on any atom is 0.303 e. The number of halogens is 2. The molecule has 25 heavy (non-hydrogen) atoms. The van der Waals surface area contributed by atoms with Crippen LogP contribution in [0.4, 0.5) is 0 Å². The summed E-state index contributed by atoms with van der Waals surface area (Å²) in [5.74, 6) is -0.152. The Morgan fingerprint density at radius 1 is 1.12 bits per heavy atom. The Bertz CT molecular complexity index is 595. The number of benzene rings is 1. The summed E-state index contributed by atoms with van der Waals surface area (Å²) in [5.41, 5.74) is 1.22. The van der Waals surface area contributed by atoms with E-state index in [2.05, 4.69) is 6.08 Å². The molecule has 1 aliphatic rings. The van der Waals surface area contributed by atoms with Gasteiger partial charge in [-0.2, -0.15) is 0 Å². The van der Waals surface area contributed by atoms with Crippen molar-refractivity contribution in [2.75, 3.05) is 6.61 Å². The van der Waals surface area contributed by atoms with Crippen LogP contribution in [0, 0.1) is 5.92 Å². The summed E-state index contributed by atoms with van der Waals surface area (Å²) in [7, 11) is 0. The lowest BCUT2D eigenvalue weighted by molar-refractivity contribution is -0.137. The van der Waals surface area contributed by atoms with Crippen LogP contribution in [0.3, 0.4) is 0 Å². The van der Waals surface area contributed by atoms with Crippen LogP contribution in [0.25, 0.3) is 0 Å². The van der Waals surface area contributed by atoms with Crippen molar-refractivity contribution < 1.29 is 19.7 Å². The molecule has 2 atom stereocenters. The Kier molecular flexibility index (Phi) is 8.07. The Labute approximate surface area is 158 Å². The number of carbonyl (C=O) groups is 1. The molecule has 2 N–H and O–H groups in total. The van der Waals surface area contributed by atoms with Gasteiger partial charge in [-0.05, 0) is 43.9 Å². The van der Waals surface area contributed by atoms with Gasteiger partial charge in [-0.25, -0.2) is 0 Å². The smallest absolute Gasteiger partial charge is 0.303 e. The highest BCUT2D eigenvalue weighted by Gasteiger charge is 2.28. The molecule has 1 aliphatic carbocycles. The molecule has 0 radical (unpaired) electrons. The van der Waals surface area contributed by atoms with Crippen molar-refractivity contribution in [2.45, 2.75) is 51.0 Å². The average molecular weight is 387 g/mol. The third-order valence-corrected chi connectivity index (χ3v) is 4.87. The van der Waals surface area contributed by atoms with Gasteiger partial charge in [0.2, 0.25) is 0 Å². The second kappa shape index (κ2) is 10.0. The zero-order valence-corrected chi connectivity index (χ0v) is 15.6. The van der Waals surface area contributed by atoms with Crippen molar-refractivity contribution in [3.05, 3.63) is 39.9 Å². The maximum atomic E-state index is 10.5. The van der Waals surface area contributed by atoms with Gasteiger partial charge in [0, 0.05) is 22.4 Å². The standard InChI is InChI=1S/C19H24Cl2O4/c20-14-9-15(21)11-16(10-14)25-12-17-13(7-8-18(17)22)5-3-1-2-4-6-19(23)24/h7,9-11,17-18,22H,1-6,8,12H2,(H,23,24)/t17-,18-/m1/s1. The molecule has 6 heteroatoms. The van der Waals surface area contributed by atoms with Gasteiger partial charge in [-0.15, -0.1) is 0 Å². The Balaban J connectivity index is 1.76. The molecule has 0 aromatic heterocycles. The summed E-state index contributed by atoms with van der Waals surface area (Å²) >= 11 is 11.9. The number of ether oxygens (including phenoxy) is 1. The second-order valence-corrected chi connectivity index (χ2v) is 7.29. The molecule has 0 unspecified atom stereocenters. The minimum absolute atomic E-state index is 0.0169. The minimum Gasteiger partial charge on any atom is -0.493 e. The summed E-state index contributed by atoms with van der Waals surface area (Å²) in [6, 6.07) is 5.07. The molecular formula is C19H24Cl2O4. The van der Waals surface area contributed by atoms with Gasteiger partial charge in [0.1, 0.15) is 5.75 Å². The van der Waals surface area contributed by atoms with Crippen molar-refractivity contribution in [1.29, 1.82) is 0 Å². The Morgan fingerprint density at radius 3 is 2.48 bits per heavy atom. The Morgan fingerprint density at radius 2 is 1.80 bits per heavy atom. The number of rotatable bonds is 10. The lowest BCUT2D eigenvalue weighted by atomic mass is 9.95. The van der Waals surface area contributed by atoms with Crippen molar-refractivity contribution >= 4 is 29.2 Å². The first kappa shape index (κ1) is 20.1. The second-order valence-electron chi connectivity index (χ2n) is 6.41. The summed E-state index contributed by atoms with van der Waals surface area (Å²) in [6.07, 6.45) is 7.12. The number of aliphatic carboxylic acids is 1. The molecule has 0 heterocycles. The molecule has 0 amide bonds. The summed E-state index contributed by atoms with van der Waals surface area (Å²) in [5, 5.41) is 19.9. The lowest BCUT2D eigenvalue weighted by Gasteiger charge is -2.20. The van der Waals surface area contributed by atoms with E-state index in [-0.39, 0.29) is 12.3 Å². The largest absolute Gasteiger partial charge is 0.493 e. The molecule has 138 valence electrons. The zero-order chi connectivity index (χ0) is 18.2. The fourth-order valence-corrected chi connectivity index (χ4v) is 3.60. The van der Waals surface area contributed by atoms with Gasteiger partial charge < -0.3 is 14.9 Å². The van der Waals surface area contributed by atoms with E-state index in [0.29, 0.717) is 28.8 Å². The summed E-state index contributed by atoms with van der Waals surface area (Å²) in [4.78, 5) is 10.5. The topological polar surface area (TPSA) is 66.8 Å². The van der Waals surface area contributed by atoms with Crippen LogP contribution >= 0.6 is 23.2 Å². The SMILES string of the molecule is O=C(O)CCCCCCC1=CC[C@@H](O)[C@@H]1COc1cc(Cl)cc(Cl)c1. The van der Waals surface area contributed by atoms with Crippen LogP contribution in [-0.4, -0.2) is 28.9 Å². The average Bonchev–Trinajstić information content (AvgIpc) is 2.87. The van der Waals surface area contributed by atoms with Gasteiger partial charge >= 0.3 is 5.97 Å². The molecular weight excluding hydrogens is 363 g/mol. The monoisotopic (exact) mass is 386 g/mol. The van der Waals surface area contributed by atoms with Crippen LogP contribution in [-0.2, 0) is 4.79 Å². The number of unbranched alkanes of at least 4 members (excludes halogenated alkanes) is 3. The third kappa shape index (κ3) is 6.89. The zero-order valence-electron chi connectivity index (χ0n) is 14.1. The number of hydrogen-bond donors (Lipinski definition) is 2. The number of hydrogen-bond acceptors (Lipinski definition) is 3. The number of aliphatic hydroxyl groups is 1. The predicted octanol–water partition coefficient (Wildman–Crippen LogP) is 5.10. The van der Waals surface area contributed by atoms with Gasteiger partial charge in [-0.1, -0.05) is 47.7 Å². The first-order valence-electron chi connectivity index (χ1n) is 8.63. The van der Waals surface area contributed by atoms with Gasteiger partial charge in [0.25, 0.3) is 0 Å². The first-order chi connectivity index (χ1) is 12.0. The first-order valence-corrected chi connectivity index (χ1v) is 9.39. The van der Waals surface area contributed by atoms with Crippen LogP contribution in [0.1, 0.15) is 44.9 Å². The fraction of sp³-hybridized carbons (Fsp3) is 0.526. The summed E-state index contributed by atoms with van der Waals surface area (Å²) < 4.78 is 5.79. The normalized spacial score (nSPS) is 19.7. The number of carboxylic acid groups (broad SMARTS) is 1. The number of aliphatic hydroxyl groups excluding tert-OH is 1. The Hall–Kier alpha value is -1.23. The highest BCUT2D eigenvalue weighted by molar-refractivity contribution is 6.34. The molecule has 0 spiro atoms. The molecule has 0 saturated heterocycles. The van der Waals surface area contributed by atoms with Crippen molar-refractivity contribution in [2.24, 2.45) is 5.92 Å². The van der Waals surface area contributed by atoms with Crippen LogP contribution in [0.5, 0.6) is 5.75 Å². The van der Waals surface area contributed by atoms with Crippen molar-refractivity contribution in [1.82, 2.24) is 0 Å². The van der Waals surface area contributed by atoms with Crippen LogP contribution < -0.4 is 4.74 Å². The third-order valence-electron chi connectivity index (χ3n) is 4.43. The van der Waals surface area contributed by atoms with E-state index in [4.69, 9.17) is 33.0 Å². The van der Waals surface area contributed by atoms with Gasteiger partial charge in [0.15, 0.2) is 0 Å². The lowest BCUT2D eigenvalue weighted by Crippen LogP contribution is -2.23. The van der Waals surface area contributed by atoms with E-state index < -0.39 is 12.1 Å². The van der Waals surface area contributed by atoms with Crippen LogP contribution in [0.2, 0.25) is 10.0 Å². The van der Waals surface area contributed by atoms with Crippen molar-refractivity contribution in [3.8, 4) is 5.75 Å². The molecule has 4 nitrogen and oxygen atoms in total. The van der Waals surface area contributed by atoms with E-state index in [1.165, 1.54) is 5.57 Å².